The topological polar surface area (TPSA) is 47.6 Å². The Kier molecular flexibility index (Phi) is 5.49. The molecule has 0 bridgehead atoms. The summed E-state index contributed by atoms with van der Waals surface area (Å²) in [5.41, 5.74) is 13.2. The molecule has 46 heavy (non-hydrogen) atoms. The molecule has 0 fully saturated rings. The van der Waals surface area contributed by atoms with Crippen LogP contribution in [0.4, 0.5) is 0 Å². The molecule has 0 spiro atoms. The summed E-state index contributed by atoms with van der Waals surface area (Å²) in [5.74, 6) is 0. The summed E-state index contributed by atoms with van der Waals surface area (Å²) < 4.78 is 0. The van der Waals surface area contributed by atoms with Crippen LogP contribution in [0.2, 0.25) is 0 Å². The van der Waals surface area contributed by atoms with Gasteiger partial charge in [-0.15, -0.1) is 0 Å². The molecular weight excluding hydrogens is 556 g/mol. The standard InChI is InChI=1S/C44H26N2/c1-25-17-27(23-45)13-15-30(25)36-19-42-38(33-10-4-3-9-32(33)36)20-37(31-16-14-28(24-46)18-26(31)2)41-21-39-34-11-5-7-29-8-6-12-35(44(29)34)40(39)22-43(41)42/h3-22H,1-2H3. The first kappa shape index (κ1) is 26.2. The number of nitrogens with zero attached hydrogens (tertiary/aromatic N) is 2. The number of aryl methyl sites for hydroxylation is 2. The van der Waals surface area contributed by atoms with E-state index >= 15 is 0 Å². The van der Waals surface area contributed by atoms with Crippen molar-refractivity contribution in [2.45, 2.75) is 13.8 Å². The smallest absolute Gasteiger partial charge is 0.0991 e. The van der Waals surface area contributed by atoms with Crippen molar-refractivity contribution in [2.24, 2.45) is 0 Å². The zero-order valence-corrected chi connectivity index (χ0v) is 25.4. The van der Waals surface area contributed by atoms with Crippen LogP contribution in [-0.2, 0) is 0 Å². The Morgan fingerprint density at radius 2 is 0.848 bits per heavy atom. The number of hydrogen-bond acceptors (Lipinski definition) is 2. The van der Waals surface area contributed by atoms with Crippen LogP contribution in [0.25, 0.3) is 87.6 Å². The van der Waals surface area contributed by atoms with Gasteiger partial charge in [0, 0.05) is 0 Å². The molecule has 212 valence electrons. The van der Waals surface area contributed by atoms with E-state index in [1.807, 2.05) is 24.3 Å². The summed E-state index contributed by atoms with van der Waals surface area (Å²) in [7, 11) is 0. The van der Waals surface area contributed by atoms with Crippen molar-refractivity contribution in [3.8, 4) is 56.6 Å². The minimum absolute atomic E-state index is 0.669. The Bertz CT molecular complexity index is 2730. The fourth-order valence-electron chi connectivity index (χ4n) is 7.80. The Labute approximate surface area is 267 Å². The van der Waals surface area contributed by atoms with Gasteiger partial charge in [0.25, 0.3) is 0 Å². The fourth-order valence-corrected chi connectivity index (χ4v) is 7.80. The first-order valence-corrected chi connectivity index (χ1v) is 15.5. The summed E-state index contributed by atoms with van der Waals surface area (Å²) in [6.07, 6.45) is 0. The van der Waals surface area contributed by atoms with E-state index in [1.54, 1.807) is 0 Å². The first-order valence-electron chi connectivity index (χ1n) is 15.5. The molecule has 1 aliphatic carbocycles. The molecule has 2 heteroatoms. The highest BCUT2D eigenvalue weighted by Gasteiger charge is 2.24. The molecule has 1 aliphatic rings. The van der Waals surface area contributed by atoms with Crippen molar-refractivity contribution in [3.05, 3.63) is 144 Å². The van der Waals surface area contributed by atoms with Crippen molar-refractivity contribution < 1.29 is 0 Å². The van der Waals surface area contributed by atoms with Crippen molar-refractivity contribution in [2.75, 3.05) is 0 Å². The average Bonchev–Trinajstić information content (AvgIpc) is 3.41. The Morgan fingerprint density at radius 3 is 1.41 bits per heavy atom. The van der Waals surface area contributed by atoms with E-state index in [0.29, 0.717) is 11.1 Å². The normalized spacial score (nSPS) is 11.7. The third-order valence-electron chi connectivity index (χ3n) is 9.89. The molecule has 8 aromatic rings. The molecule has 0 amide bonds. The number of benzene rings is 8. The molecule has 0 saturated carbocycles. The maximum atomic E-state index is 9.62. The second-order valence-corrected chi connectivity index (χ2v) is 12.4. The van der Waals surface area contributed by atoms with Crippen LogP contribution in [0.3, 0.4) is 0 Å². The zero-order valence-electron chi connectivity index (χ0n) is 25.4. The molecule has 9 rings (SSSR count). The molecule has 0 atom stereocenters. The van der Waals surface area contributed by atoms with E-state index in [-0.39, 0.29) is 0 Å². The van der Waals surface area contributed by atoms with Gasteiger partial charge in [0.1, 0.15) is 0 Å². The van der Waals surface area contributed by atoms with Gasteiger partial charge in [0.2, 0.25) is 0 Å². The zero-order chi connectivity index (χ0) is 31.1. The van der Waals surface area contributed by atoms with Crippen LogP contribution in [0.15, 0.2) is 121 Å². The summed E-state index contributed by atoms with van der Waals surface area (Å²) in [4.78, 5) is 0. The van der Waals surface area contributed by atoms with Crippen molar-refractivity contribution >= 4 is 43.1 Å². The highest BCUT2D eigenvalue weighted by Crippen LogP contribution is 2.51. The van der Waals surface area contributed by atoms with Crippen LogP contribution in [-0.4, -0.2) is 0 Å². The number of hydrogen-bond donors (Lipinski definition) is 0. The third kappa shape index (κ3) is 3.62. The molecule has 8 aromatic carbocycles. The lowest BCUT2D eigenvalue weighted by Crippen LogP contribution is -1.93. The van der Waals surface area contributed by atoms with Gasteiger partial charge in [0.05, 0.1) is 23.3 Å². The molecule has 2 nitrogen and oxygen atoms in total. The minimum Gasteiger partial charge on any atom is -0.192 e. The van der Waals surface area contributed by atoms with E-state index in [1.165, 1.54) is 76.5 Å². The van der Waals surface area contributed by atoms with Gasteiger partial charge in [-0.25, -0.2) is 0 Å². The quantitative estimate of drug-likeness (QED) is 0.190. The molecule has 0 N–H and O–H groups in total. The van der Waals surface area contributed by atoms with Crippen LogP contribution < -0.4 is 0 Å². The van der Waals surface area contributed by atoms with Gasteiger partial charge in [0.15, 0.2) is 0 Å². The molecule has 0 radical (unpaired) electrons. The molecule has 0 heterocycles. The molecule has 0 unspecified atom stereocenters. The van der Waals surface area contributed by atoms with E-state index in [4.69, 9.17) is 0 Å². The first-order chi connectivity index (χ1) is 22.5. The van der Waals surface area contributed by atoms with Crippen LogP contribution in [0, 0.1) is 36.5 Å². The van der Waals surface area contributed by atoms with E-state index < -0.39 is 0 Å². The summed E-state index contributed by atoms with van der Waals surface area (Å²) in [6, 6.07) is 48.0. The SMILES string of the molecule is Cc1cc(C#N)ccc1-c1cc2c3cc4c(cc3c(-c3ccc(C#N)cc3C)cc2c2ccccc12)-c1cccc2cccc-4c12. The van der Waals surface area contributed by atoms with Gasteiger partial charge in [-0.2, -0.15) is 10.5 Å². The Morgan fingerprint density at radius 1 is 0.370 bits per heavy atom. The van der Waals surface area contributed by atoms with Gasteiger partial charge in [-0.1, -0.05) is 72.8 Å². The summed E-state index contributed by atoms with van der Waals surface area (Å²) in [6.45, 7) is 4.19. The predicted molar refractivity (Wildman–Crippen MR) is 191 cm³/mol. The van der Waals surface area contributed by atoms with Gasteiger partial charge in [-0.3, -0.25) is 0 Å². The molecule has 0 aliphatic heterocycles. The highest BCUT2D eigenvalue weighted by molar-refractivity contribution is 6.27. The lowest BCUT2D eigenvalue weighted by molar-refractivity contribution is 1.42. The summed E-state index contributed by atoms with van der Waals surface area (Å²) >= 11 is 0. The van der Waals surface area contributed by atoms with Gasteiger partial charge >= 0.3 is 0 Å². The fraction of sp³-hybridized carbons (Fsp3) is 0.0455. The molecular formula is C44H26N2. The lowest BCUT2D eigenvalue weighted by atomic mass is 9.84. The molecule has 0 aromatic heterocycles. The predicted octanol–water partition coefficient (Wildman–Crippen LogP) is 11.6. The van der Waals surface area contributed by atoms with Crippen molar-refractivity contribution in [1.29, 1.82) is 10.5 Å². The maximum Gasteiger partial charge on any atom is 0.0991 e. The largest absolute Gasteiger partial charge is 0.192 e. The van der Waals surface area contributed by atoms with Crippen molar-refractivity contribution in [3.63, 3.8) is 0 Å². The molecule has 0 saturated heterocycles. The maximum absolute atomic E-state index is 9.62. The minimum atomic E-state index is 0.669. The number of rotatable bonds is 2. The Hall–Kier alpha value is -6.22. The van der Waals surface area contributed by atoms with E-state index in [0.717, 1.165) is 22.3 Å². The van der Waals surface area contributed by atoms with Crippen LogP contribution >= 0.6 is 0 Å². The van der Waals surface area contributed by atoms with Crippen LogP contribution in [0.1, 0.15) is 22.3 Å². The number of fused-ring (bicyclic) bond motifs is 8. The highest BCUT2D eigenvalue weighted by atomic mass is 14.3. The van der Waals surface area contributed by atoms with Crippen molar-refractivity contribution in [1.82, 2.24) is 0 Å². The third-order valence-corrected chi connectivity index (χ3v) is 9.89. The Balaban J connectivity index is 1.47. The lowest BCUT2D eigenvalue weighted by Gasteiger charge is -2.19. The van der Waals surface area contributed by atoms with Crippen LogP contribution in [0.5, 0.6) is 0 Å². The van der Waals surface area contributed by atoms with E-state index in [9.17, 15) is 10.5 Å². The van der Waals surface area contributed by atoms with Gasteiger partial charge in [-0.05, 0) is 161 Å². The second kappa shape index (κ2) is 9.64. The monoisotopic (exact) mass is 582 g/mol. The number of nitriles is 2. The van der Waals surface area contributed by atoms with Gasteiger partial charge < -0.3 is 0 Å². The second-order valence-electron chi connectivity index (χ2n) is 12.4. The summed E-state index contributed by atoms with van der Waals surface area (Å²) in [5, 5.41) is 28.9. The van der Waals surface area contributed by atoms with E-state index in [2.05, 4.69) is 123 Å². The average molecular weight is 583 g/mol.